The van der Waals surface area contributed by atoms with Crippen LogP contribution in [0.1, 0.15) is 24.8 Å². The van der Waals surface area contributed by atoms with Gasteiger partial charge in [-0.2, -0.15) is 0 Å². The fourth-order valence-electron chi connectivity index (χ4n) is 4.55. The number of hydrogen-bond donors (Lipinski definition) is 1. The number of carbonyl (C=O) groups is 1. The van der Waals surface area contributed by atoms with Gasteiger partial charge >= 0.3 is 0 Å². The molecule has 1 fully saturated rings. The summed E-state index contributed by atoms with van der Waals surface area (Å²) in [6.45, 7) is 2.82. The van der Waals surface area contributed by atoms with Crippen LogP contribution in [0.2, 0.25) is 0 Å². The first kappa shape index (κ1) is 25.1. The van der Waals surface area contributed by atoms with Gasteiger partial charge in [-0.1, -0.05) is 28.1 Å². The molecule has 1 amide bonds. The molecule has 8 heteroatoms. The molecule has 0 radical (unpaired) electrons. The predicted molar refractivity (Wildman–Crippen MR) is 140 cm³/mol. The van der Waals surface area contributed by atoms with Crippen molar-refractivity contribution in [3.05, 3.63) is 63.3 Å². The number of nitrogens with zero attached hydrogens (tertiary/aromatic N) is 1. The molecule has 0 aromatic heterocycles. The van der Waals surface area contributed by atoms with Gasteiger partial charge in [0.25, 0.3) is 5.91 Å². The quantitative estimate of drug-likeness (QED) is 0.514. The van der Waals surface area contributed by atoms with Crippen molar-refractivity contribution in [3.63, 3.8) is 0 Å². The molecule has 1 saturated heterocycles. The maximum absolute atomic E-state index is 13.6. The van der Waals surface area contributed by atoms with Crippen molar-refractivity contribution in [2.75, 3.05) is 52.9 Å². The number of allylic oxidation sites excluding steroid dienone is 1. The summed E-state index contributed by atoms with van der Waals surface area (Å²) in [5.41, 5.74) is 4.68. The minimum absolute atomic E-state index is 0.123. The van der Waals surface area contributed by atoms with Gasteiger partial charge in [-0.25, -0.2) is 0 Å². The van der Waals surface area contributed by atoms with Crippen molar-refractivity contribution >= 4 is 33.6 Å². The van der Waals surface area contributed by atoms with Crippen LogP contribution in [0.15, 0.2) is 57.7 Å². The summed E-state index contributed by atoms with van der Waals surface area (Å²) in [7, 11) is 4.67. The summed E-state index contributed by atoms with van der Waals surface area (Å²) < 4.78 is 22.9. The molecular formula is C27H31BrN2O5. The number of amides is 1. The molecule has 0 bridgehead atoms. The van der Waals surface area contributed by atoms with Crippen molar-refractivity contribution in [2.45, 2.75) is 19.3 Å². The molecule has 7 nitrogen and oxygen atoms in total. The zero-order chi connectivity index (χ0) is 24.8. The lowest BCUT2D eigenvalue weighted by atomic mass is 9.88. The fraction of sp³-hybridized carbons (Fsp3) is 0.370. The minimum Gasteiger partial charge on any atom is -0.493 e. The fourth-order valence-corrected chi connectivity index (χ4v) is 4.81. The highest BCUT2D eigenvalue weighted by Gasteiger charge is 2.28. The van der Waals surface area contributed by atoms with Crippen molar-refractivity contribution in [3.8, 4) is 17.2 Å². The molecule has 1 N–H and O–H groups in total. The summed E-state index contributed by atoms with van der Waals surface area (Å²) >= 11 is 3.50. The van der Waals surface area contributed by atoms with E-state index in [1.165, 1.54) is 5.57 Å². The van der Waals surface area contributed by atoms with Gasteiger partial charge in [0.2, 0.25) is 5.75 Å². The summed E-state index contributed by atoms with van der Waals surface area (Å²) in [4.78, 5) is 15.9. The highest BCUT2D eigenvalue weighted by Crippen LogP contribution is 2.41. The molecule has 0 atom stereocenters. The zero-order valence-electron chi connectivity index (χ0n) is 20.4. The molecule has 1 heterocycles. The lowest BCUT2D eigenvalue weighted by Gasteiger charge is -2.36. The van der Waals surface area contributed by atoms with Crippen LogP contribution in [-0.4, -0.2) is 58.4 Å². The average Bonchev–Trinajstić information content (AvgIpc) is 2.89. The van der Waals surface area contributed by atoms with Crippen molar-refractivity contribution in [1.29, 1.82) is 0 Å². The monoisotopic (exact) mass is 542 g/mol. The highest BCUT2D eigenvalue weighted by atomic mass is 79.9. The van der Waals surface area contributed by atoms with Crippen molar-refractivity contribution in [1.82, 2.24) is 4.90 Å². The number of nitrogens with one attached hydrogen (secondary N) is 1. The lowest BCUT2D eigenvalue weighted by molar-refractivity contribution is -0.113. The molecule has 4 rings (SSSR count). The highest BCUT2D eigenvalue weighted by molar-refractivity contribution is 9.10. The molecular weight excluding hydrogens is 512 g/mol. The summed E-state index contributed by atoms with van der Waals surface area (Å²) in [5, 5.41) is 3.07. The van der Waals surface area contributed by atoms with E-state index in [0.717, 1.165) is 47.2 Å². The van der Waals surface area contributed by atoms with E-state index < -0.39 is 0 Å². The van der Waals surface area contributed by atoms with E-state index in [9.17, 15) is 4.79 Å². The Morgan fingerprint density at radius 1 is 1.00 bits per heavy atom. The Morgan fingerprint density at radius 3 is 2.26 bits per heavy atom. The second kappa shape index (κ2) is 11.6. The molecule has 0 spiro atoms. The van der Waals surface area contributed by atoms with Crippen LogP contribution in [-0.2, 0) is 9.53 Å². The zero-order valence-corrected chi connectivity index (χ0v) is 21.9. The van der Waals surface area contributed by atoms with Crippen molar-refractivity contribution < 1.29 is 23.7 Å². The predicted octanol–water partition coefficient (Wildman–Crippen LogP) is 5.27. The van der Waals surface area contributed by atoms with Gasteiger partial charge in [-0.15, -0.1) is 0 Å². The van der Waals surface area contributed by atoms with Gasteiger partial charge in [0.15, 0.2) is 11.5 Å². The standard InChI is InChI=1S/C27H31BrN2O5/c1-32-23-16-21(17-24(33-2)26(23)34-3)29-27(31)22-6-4-5-19(15-18-7-9-20(28)10-8-18)25(22)30-11-13-35-14-12-30/h7-10,15-17H,4-6,11-14H2,1-3H3,(H,29,31)/b19-15+. The molecule has 0 unspecified atom stereocenters. The van der Waals surface area contributed by atoms with Gasteiger partial charge in [0.05, 0.1) is 34.5 Å². The van der Waals surface area contributed by atoms with E-state index in [1.807, 2.05) is 12.1 Å². The van der Waals surface area contributed by atoms with E-state index in [4.69, 9.17) is 18.9 Å². The second-order valence-electron chi connectivity index (χ2n) is 8.37. The Kier molecular flexibility index (Phi) is 8.36. The third-order valence-corrected chi connectivity index (χ3v) is 6.73. The van der Waals surface area contributed by atoms with Crippen molar-refractivity contribution in [2.24, 2.45) is 0 Å². The van der Waals surface area contributed by atoms with Crippen LogP contribution in [0.4, 0.5) is 5.69 Å². The largest absolute Gasteiger partial charge is 0.493 e. The molecule has 0 saturated carbocycles. The number of halogens is 1. The molecule has 186 valence electrons. The number of methoxy groups -OCH3 is 3. The Labute approximate surface area is 214 Å². The first-order valence-corrected chi connectivity index (χ1v) is 12.5. The Balaban J connectivity index is 1.72. The van der Waals surface area contributed by atoms with Crippen LogP contribution in [0.25, 0.3) is 6.08 Å². The van der Waals surface area contributed by atoms with Gasteiger partial charge < -0.3 is 29.2 Å². The number of anilines is 1. The summed E-state index contributed by atoms with van der Waals surface area (Å²) in [6.07, 6.45) is 4.74. The van der Waals surface area contributed by atoms with E-state index in [-0.39, 0.29) is 5.91 Å². The Hall–Kier alpha value is -2.97. The van der Waals surface area contributed by atoms with Gasteiger partial charge in [0, 0.05) is 46.7 Å². The number of carbonyl (C=O) groups excluding carboxylic acids is 1. The van der Waals surface area contributed by atoms with Crippen LogP contribution in [0.5, 0.6) is 17.2 Å². The van der Waals surface area contributed by atoms with E-state index in [2.05, 4.69) is 44.4 Å². The van der Waals surface area contributed by atoms with E-state index in [1.54, 1.807) is 33.5 Å². The van der Waals surface area contributed by atoms with Gasteiger partial charge in [-0.05, 0) is 48.6 Å². The second-order valence-corrected chi connectivity index (χ2v) is 9.29. The maximum atomic E-state index is 13.6. The van der Waals surface area contributed by atoms with Crippen LogP contribution < -0.4 is 19.5 Å². The normalized spacial score (nSPS) is 17.4. The lowest BCUT2D eigenvalue weighted by Crippen LogP contribution is -2.38. The number of rotatable bonds is 7. The smallest absolute Gasteiger partial charge is 0.253 e. The van der Waals surface area contributed by atoms with Gasteiger partial charge in [0.1, 0.15) is 0 Å². The molecule has 35 heavy (non-hydrogen) atoms. The average molecular weight is 543 g/mol. The van der Waals surface area contributed by atoms with E-state index in [0.29, 0.717) is 42.6 Å². The van der Waals surface area contributed by atoms with Crippen LogP contribution in [0, 0.1) is 0 Å². The molecule has 1 aliphatic carbocycles. The number of benzene rings is 2. The Morgan fingerprint density at radius 2 is 1.66 bits per heavy atom. The van der Waals surface area contributed by atoms with Gasteiger partial charge in [-0.3, -0.25) is 4.79 Å². The molecule has 2 aliphatic rings. The number of hydrogen-bond acceptors (Lipinski definition) is 6. The Bertz CT molecular complexity index is 1100. The van der Waals surface area contributed by atoms with Crippen LogP contribution in [0.3, 0.4) is 0 Å². The third kappa shape index (κ3) is 5.82. The third-order valence-electron chi connectivity index (χ3n) is 6.20. The topological polar surface area (TPSA) is 69.3 Å². The summed E-state index contributed by atoms with van der Waals surface area (Å²) in [6, 6.07) is 11.7. The maximum Gasteiger partial charge on any atom is 0.253 e. The molecule has 2 aromatic carbocycles. The molecule has 2 aromatic rings. The SMILES string of the molecule is COc1cc(NC(=O)C2=C(N3CCOCC3)/C(=C/c3ccc(Br)cc3)CCC2)cc(OC)c1OC. The first-order valence-electron chi connectivity index (χ1n) is 11.7. The molecule has 1 aliphatic heterocycles. The van der Waals surface area contributed by atoms with E-state index >= 15 is 0 Å². The minimum atomic E-state index is -0.123. The number of morpholine rings is 1. The number of ether oxygens (including phenoxy) is 4. The van der Waals surface area contributed by atoms with Crippen LogP contribution >= 0.6 is 15.9 Å². The summed E-state index contributed by atoms with van der Waals surface area (Å²) in [5.74, 6) is 1.34. The first-order chi connectivity index (χ1) is 17.0.